The zero-order valence-electron chi connectivity index (χ0n) is 14.6. The van der Waals surface area contributed by atoms with Crippen LogP contribution < -0.4 is 5.73 Å². The summed E-state index contributed by atoms with van der Waals surface area (Å²) in [6.07, 6.45) is 0.377. The molecule has 6 nitrogen and oxygen atoms in total. The quantitative estimate of drug-likeness (QED) is 0.830. The van der Waals surface area contributed by atoms with E-state index in [2.05, 4.69) is 0 Å². The molecule has 0 aromatic heterocycles. The Hall–Kier alpha value is -1.44. The first-order valence-corrected chi connectivity index (χ1v) is 9.98. The molecule has 0 unspecified atom stereocenters. The average Bonchev–Trinajstić information content (AvgIpc) is 2.91. The molecule has 0 saturated carbocycles. The highest BCUT2D eigenvalue weighted by Crippen LogP contribution is 2.25. The Labute approximate surface area is 144 Å². The van der Waals surface area contributed by atoms with Crippen molar-refractivity contribution in [1.29, 1.82) is 0 Å². The first kappa shape index (κ1) is 18.9. The Morgan fingerprint density at radius 2 is 2.00 bits per heavy atom. The predicted octanol–water partition coefficient (Wildman–Crippen LogP) is 1.09. The molecule has 1 amide bonds. The number of carbonyl (C=O) groups is 1. The summed E-state index contributed by atoms with van der Waals surface area (Å²) in [6, 6.07) is 6.43. The van der Waals surface area contributed by atoms with E-state index in [0.29, 0.717) is 19.5 Å². The summed E-state index contributed by atoms with van der Waals surface area (Å²) in [5.41, 5.74) is 7.71. The molecule has 7 heteroatoms. The van der Waals surface area contributed by atoms with Crippen LogP contribution in [0.25, 0.3) is 0 Å². The first-order chi connectivity index (χ1) is 11.3. The molecule has 1 aromatic rings. The van der Waals surface area contributed by atoms with Gasteiger partial charge in [-0.3, -0.25) is 4.79 Å². The molecule has 2 N–H and O–H groups in total. The van der Waals surface area contributed by atoms with Crippen LogP contribution in [0.5, 0.6) is 0 Å². The maximum atomic E-state index is 12.9. The molecule has 134 valence electrons. The van der Waals surface area contributed by atoms with Gasteiger partial charge in [-0.25, -0.2) is 8.42 Å². The van der Waals surface area contributed by atoms with E-state index in [0.717, 1.165) is 11.1 Å². The lowest BCUT2D eigenvalue weighted by Gasteiger charge is -2.28. The van der Waals surface area contributed by atoms with Gasteiger partial charge in [0.05, 0.1) is 5.75 Å². The normalized spacial score (nSPS) is 21.8. The Balaban J connectivity index is 2.24. The van der Waals surface area contributed by atoms with Crippen molar-refractivity contribution in [2.24, 2.45) is 5.73 Å². The van der Waals surface area contributed by atoms with Crippen LogP contribution in [0, 0.1) is 6.92 Å². The fourth-order valence-corrected chi connectivity index (χ4v) is 4.96. The van der Waals surface area contributed by atoms with Crippen LogP contribution >= 0.6 is 0 Å². The number of likely N-dealkylation sites (N-methyl/N-ethyl adjacent to an activating group) is 1. The fraction of sp³-hybridized carbons (Fsp3) is 0.588. The number of sulfonamides is 1. The third-order valence-corrected chi connectivity index (χ3v) is 6.25. The van der Waals surface area contributed by atoms with Gasteiger partial charge < -0.3 is 10.6 Å². The highest BCUT2D eigenvalue weighted by molar-refractivity contribution is 7.88. The third-order valence-electron chi connectivity index (χ3n) is 4.44. The largest absolute Gasteiger partial charge is 0.342 e. The van der Waals surface area contributed by atoms with E-state index in [-0.39, 0.29) is 24.2 Å². The highest BCUT2D eigenvalue weighted by atomic mass is 32.2. The second kappa shape index (κ2) is 7.63. The van der Waals surface area contributed by atoms with E-state index >= 15 is 0 Å². The van der Waals surface area contributed by atoms with E-state index in [1.54, 1.807) is 11.0 Å². The second-order valence-corrected chi connectivity index (χ2v) is 8.26. The molecule has 0 radical (unpaired) electrons. The molecule has 0 spiro atoms. The maximum absolute atomic E-state index is 12.9. The van der Waals surface area contributed by atoms with Crippen LogP contribution in [-0.2, 0) is 20.6 Å². The molecule has 2 atom stereocenters. The Bertz CT molecular complexity index is 686. The Morgan fingerprint density at radius 1 is 1.33 bits per heavy atom. The van der Waals surface area contributed by atoms with Gasteiger partial charge in [0.2, 0.25) is 15.9 Å². The Kier molecular flexibility index (Phi) is 6.01. The zero-order valence-corrected chi connectivity index (χ0v) is 15.4. The SMILES string of the molecule is CCN(CC)C(=O)[C@@H]1C[C@H](N)CN1S(=O)(=O)Cc1cccc(C)c1. The van der Waals surface area contributed by atoms with Gasteiger partial charge >= 0.3 is 0 Å². The van der Waals surface area contributed by atoms with Crippen molar-refractivity contribution < 1.29 is 13.2 Å². The lowest BCUT2D eigenvalue weighted by Crippen LogP contribution is -2.47. The summed E-state index contributed by atoms with van der Waals surface area (Å²) in [6.45, 7) is 7.03. The minimum atomic E-state index is -3.60. The van der Waals surface area contributed by atoms with Crippen molar-refractivity contribution >= 4 is 15.9 Å². The van der Waals surface area contributed by atoms with Crippen LogP contribution in [0.15, 0.2) is 24.3 Å². The molecule has 2 rings (SSSR count). The number of carbonyl (C=O) groups excluding carboxylic acids is 1. The van der Waals surface area contributed by atoms with Crippen LogP contribution in [0.1, 0.15) is 31.4 Å². The van der Waals surface area contributed by atoms with Gasteiger partial charge in [0.15, 0.2) is 0 Å². The standard InChI is InChI=1S/C17H27N3O3S/c1-4-19(5-2)17(21)16-10-15(18)11-20(16)24(22,23)12-14-8-6-7-13(3)9-14/h6-9,15-16H,4-5,10-12,18H2,1-3H3/t15-,16-/m0/s1. The average molecular weight is 353 g/mol. The topological polar surface area (TPSA) is 83.7 Å². The number of benzene rings is 1. The minimum absolute atomic E-state index is 0.108. The molecule has 1 saturated heterocycles. The lowest BCUT2D eigenvalue weighted by atomic mass is 10.1. The molecule has 0 aliphatic carbocycles. The van der Waals surface area contributed by atoms with Crippen LogP contribution in [-0.4, -0.2) is 55.2 Å². The van der Waals surface area contributed by atoms with Crippen molar-refractivity contribution in [2.45, 2.75) is 45.0 Å². The number of amides is 1. The number of nitrogens with two attached hydrogens (primary N) is 1. The number of hydrogen-bond donors (Lipinski definition) is 1. The zero-order chi connectivity index (χ0) is 17.9. The number of hydrogen-bond acceptors (Lipinski definition) is 4. The van der Waals surface area contributed by atoms with Gasteiger partial charge in [-0.15, -0.1) is 0 Å². The van der Waals surface area contributed by atoms with Gasteiger partial charge in [-0.1, -0.05) is 29.8 Å². The van der Waals surface area contributed by atoms with Gasteiger partial charge in [0.25, 0.3) is 0 Å². The lowest BCUT2D eigenvalue weighted by molar-refractivity contribution is -0.134. The van der Waals surface area contributed by atoms with Gasteiger partial charge in [-0.2, -0.15) is 4.31 Å². The van der Waals surface area contributed by atoms with Crippen molar-refractivity contribution in [1.82, 2.24) is 9.21 Å². The maximum Gasteiger partial charge on any atom is 0.241 e. The van der Waals surface area contributed by atoms with E-state index in [9.17, 15) is 13.2 Å². The molecule has 1 aromatic carbocycles. The van der Waals surface area contributed by atoms with E-state index < -0.39 is 16.1 Å². The molecule has 0 bridgehead atoms. The van der Waals surface area contributed by atoms with E-state index in [1.807, 2.05) is 39.0 Å². The molecule has 1 aliphatic rings. The third kappa shape index (κ3) is 4.15. The summed E-state index contributed by atoms with van der Waals surface area (Å²) in [4.78, 5) is 14.3. The Morgan fingerprint density at radius 3 is 2.58 bits per heavy atom. The summed E-state index contributed by atoms with van der Waals surface area (Å²) < 4.78 is 27.1. The van der Waals surface area contributed by atoms with Crippen molar-refractivity contribution in [3.63, 3.8) is 0 Å². The van der Waals surface area contributed by atoms with Gasteiger partial charge in [0.1, 0.15) is 6.04 Å². The first-order valence-electron chi connectivity index (χ1n) is 8.38. The fourth-order valence-electron chi connectivity index (χ4n) is 3.21. The monoisotopic (exact) mass is 353 g/mol. The number of nitrogens with zero attached hydrogens (tertiary/aromatic N) is 2. The van der Waals surface area contributed by atoms with Crippen molar-refractivity contribution in [3.05, 3.63) is 35.4 Å². The summed E-state index contributed by atoms with van der Waals surface area (Å²) in [5.74, 6) is -0.260. The highest BCUT2D eigenvalue weighted by Gasteiger charge is 2.43. The van der Waals surface area contributed by atoms with Gasteiger partial charge in [0, 0.05) is 25.7 Å². The summed E-state index contributed by atoms with van der Waals surface area (Å²) in [7, 11) is -3.60. The van der Waals surface area contributed by atoms with E-state index in [1.165, 1.54) is 4.31 Å². The molecule has 1 fully saturated rings. The van der Waals surface area contributed by atoms with Gasteiger partial charge in [-0.05, 0) is 32.8 Å². The van der Waals surface area contributed by atoms with E-state index in [4.69, 9.17) is 5.73 Å². The predicted molar refractivity (Wildman–Crippen MR) is 94.8 cm³/mol. The molecule has 1 aliphatic heterocycles. The van der Waals surface area contributed by atoms with Crippen LogP contribution in [0.4, 0.5) is 0 Å². The molecular formula is C17H27N3O3S. The number of rotatable bonds is 6. The van der Waals surface area contributed by atoms with Crippen LogP contribution in [0.2, 0.25) is 0 Å². The minimum Gasteiger partial charge on any atom is -0.342 e. The number of aryl methyl sites for hydroxylation is 1. The summed E-state index contributed by atoms with van der Waals surface area (Å²) in [5, 5.41) is 0. The summed E-state index contributed by atoms with van der Waals surface area (Å²) >= 11 is 0. The van der Waals surface area contributed by atoms with Crippen molar-refractivity contribution in [3.8, 4) is 0 Å². The van der Waals surface area contributed by atoms with Crippen molar-refractivity contribution in [2.75, 3.05) is 19.6 Å². The second-order valence-electron chi connectivity index (χ2n) is 6.34. The smallest absolute Gasteiger partial charge is 0.241 e. The molecule has 24 heavy (non-hydrogen) atoms. The van der Waals surface area contributed by atoms with Crippen LogP contribution in [0.3, 0.4) is 0 Å². The molecular weight excluding hydrogens is 326 g/mol. The molecule has 1 heterocycles.